The smallest absolute Gasteiger partial charge is 0.255 e. The van der Waals surface area contributed by atoms with Crippen LogP contribution in [0.4, 0.5) is 5.82 Å². The minimum atomic E-state index is -0.114. The normalized spacial score (nSPS) is 18.4. The lowest BCUT2D eigenvalue weighted by atomic mass is 10.0. The number of aryl methyl sites for hydroxylation is 2. The van der Waals surface area contributed by atoms with Crippen molar-refractivity contribution in [3.05, 3.63) is 58.3 Å². The summed E-state index contributed by atoms with van der Waals surface area (Å²) in [5, 5.41) is 14.9. The molecule has 3 aromatic rings. The van der Waals surface area contributed by atoms with Crippen LogP contribution in [0.25, 0.3) is 0 Å². The third kappa shape index (κ3) is 3.36. The van der Waals surface area contributed by atoms with Gasteiger partial charge in [-0.25, -0.2) is 4.98 Å². The molecule has 3 aromatic heterocycles. The first-order valence-electron chi connectivity index (χ1n) is 10.6. The third-order valence-corrected chi connectivity index (χ3v) is 6.22. The van der Waals surface area contributed by atoms with Gasteiger partial charge in [-0.15, -0.1) is 0 Å². The topological polar surface area (TPSA) is 91.7 Å². The Hall–Kier alpha value is -3.16. The SMILES string of the molecule is Cc1nc(N2CC(C)C2)ccc1Cn1cc(C(=O)NC2CCc3c2n[nH]c3C)cn1. The van der Waals surface area contributed by atoms with Crippen LogP contribution in [0, 0.1) is 19.8 Å². The number of carbonyl (C=O) groups excluding carboxylic acids is 1. The lowest BCUT2D eigenvalue weighted by molar-refractivity contribution is 0.0936. The van der Waals surface area contributed by atoms with Gasteiger partial charge in [0.2, 0.25) is 0 Å². The van der Waals surface area contributed by atoms with Gasteiger partial charge in [-0.1, -0.05) is 13.0 Å². The quantitative estimate of drug-likeness (QED) is 0.681. The molecule has 1 aliphatic heterocycles. The molecule has 1 saturated heterocycles. The number of carbonyl (C=O) groups is 1. The first-order chi connectivity index (χ1) is 14.5. The molecule has 2 N–H and O–H groups in total. The number of amides is 1. The molecule has 1 fully saturated rings. The summed E-state index contributed by atoms with van der Waals surface area (Å²) in [6.45, 7) is 9.04. The van der Waals surface area contributed by atoms with Crippen LogP contribution in [-0.4, -0.2) is 44.0 Å². The minimum absolute atomic E-state index is 0.0380. The molecule has 4 heterocycles. The molecule has 1 unspecified atom stereocenters. The Labute approximate surface area is 175 Å². The van der Waals surface area contributed by atoms with Crippen LogP contribution in [0.5, 0.6) is 0 Å². The van der Waals surface area contributed by atoms with Gasteiger partial charge in [-0.2, -0.15) is 10.2 Å². The largest absolute Gasteiger partial charge is 0.356 e. The van der Waals surface area contributed by atoms with Gasteiger partial charge in [0.25, 0.3) is 5.91 Å². The second-order valence-corrected chi connectivity index (χ2v) is 8.63. The summed E-state index contributed by atoms with van der Waals surface area (Å²) < 4.78 is 1.79. The molecule has 0 aromatic carbocycles. The maximum Gasteiger partial charge on any atom is 0.255 e. The van der Waals surface area contributed by atoms with Crippen molar-refractivity contribution in [3.8, 4) is 0 Å². The molecule has 1 amide bonds. The van der Waals surface area contributed by atoms with Crippen LogP contribution in [0.15, 0.2) is 24.5 Å². The van der Waals surface area contributed by atoms with Crippen LogP contribution in [0.1, 0.15) is 58.0 Å². The zero-order chi connectivity index (χ0) is 20.8. The Morgan fingerprint density at radius 2 is 2.13 bits per heavy atom. The van der Waals surface area contributed by atoms with E-state index in [0.29, 0.717) is 12.1 Å². The molecule has 5 rings (SSSR count). The van der Waals surface area contributed by atoms with Crippen molar-refractivity contribution in [3.63, 3.8) is 0 Å². The van der Waals surface area contributed by atoms with Gasteiger partial charge in [-0.3, -0.25) is 14.6 Å². The van der Waals surface area contributed by atoms with Gasteiger partial charge in [0.15, 0.2) is 0 Å². The van der Waals surface area contributed by atoms with Crippen LogP contribution in [0.3, 0.4) is 0 Å². The molecule has 156 valence electrons. The lowest BCUT2D eigenvalue weighted by Crippen LogP contribution is -2.45. The Morgan fingerprint density at radius 3 is 2.90 bits per heavy atom. The Bertz CT molecular complexity index is 1090. The van der Waals surface area contributed by atoms with Gasteiger partial charge >= 0.3 is 0 Å². The number of rotatable bonds is 5. The molecule has 30 heavy (non-hydrogen) atoms. The van der Waals surface area contributed by atoms with Gasteiger partial charge in [0.05, 0.1) is 30.0 Å². The average Bonchev–Trinajstić information content (AvgIpc) is 3.40. The minimum Gasteiger partial charge on any atom is -0.356 e. The number of H-pyrrole nitrogens is 1. The number of hydrogen-bond donors (Lipinski definition) is 2. The highest BCUT2D eigenvalue weighted by Gasteiger charge is 2.29. The monoisotopic (exact) mass is 405 g/mol. The number of anilines is 1. The second-order valence-electron chi connectivity index (χ2n) is 8.63. The lowest BCUT2D eigenvalue weighted by Gasteiger charge is -2.38. The standard InChI is InChI=1S/C22H27N7O/c1-13-9-28(10-13)20-7-4-16(14(2)24-20)11-29-12-17(8-23-29)22(30)25-19-6-5-18-15(3)26-27-21(18)19/h4,7-8,12-13,19H,5-6,9-11H2,1-3H3,(H,25,30)(H,26,27). The van der Waals surface area contributed by atoms with Gasteiger partial charge < -0.3 is 10.2 Å². The number of aromatic nitrogens is 5. The number of nitrogens with one attached hydrogen (secondary N) is 2. The number of hydrogen-bond acceptors (Lipinski definition) is 5. The number of aromatic amines is 1. The zero-order valence-electron chi connectivity index (χ0n) is 17.6. The van der Waals surface area contributed by atoms with Crippen LogP contribution in [0.2, 0.25) is 0 Å². The summed E-state index contributed by atoms with van der Waals surface area (Å²) in [6, 6.07) is 4.15. The van der Waals surface area contributed by atoms with Gasteiger partial charge in [0.1, 0.15) is 5.82 Å². The first kappa shape index (κ1) is 18.8. The number of nitrogens with zero attached hydrogens (tertiary/aromatic N) is 5. The molecule has 0 saturated carbocycles. The zero-order valence-corrected chi connectivity index (χ0v) is 17.6. The third-order valence-electron chi connectivity index (χ3n) is 6.22. The maximum absolute atomic E-state index is 12.7. The molecular formula is C22H27N7O. The van der Waals surface area contributed by atoms with Crippen LogP contribution >= 0.6 is 0 Å². The van der Waals surface area contributed by atoms with E-state index in [9.17, 15) is 4.79 Å². The van der Waals surface area contributed by atoms with Crippen molar-refractivity contribution in [1.29, 1.82) is 0 Å². The van der Waals surface area contributed by atoms with E-state index >= 15 is 0 Å². The fraction of sp³-hybridized carbons (Fsp3) is 0.455. The fourth-order valence-electron chi connectivity index (χ4n) is 4.43. The summed E-state index contributed by atoms with van der Waals surface area (Å²) in [7, 11) is 0. The van der Waals surface area contributed by atoms with E-state index in [2.05, 4.69) is 44.6 Å². The highest BCUT2D eigenvalue weighted by Crippen LogP contribution is 2.31. The molecule has 0 spiro atoms. The first-order valence-corrected chi connectivity index (χ1v) is 10.6. The molecule has 1 atom stereocenters. The summed E-state index contributed by atoms with van der Waals surface area (Å²) in [6.07, 6.45) is 5.26. The van der Waals surface area contributed by atoms with E-state index in [-0.39, 0.29) is 11.9 Å². The van der Waals surface area contributed by atoms with Gasteiger partial charge in [-0.05, 0) is 49.8 Å². The van der Waals surface area contributed by atoms with E-state index in [1.807, 2.05) is 13.8 Å². The predicted molar refractivity (Wildman–Crippen MR) is 114 cm³/mol. The van der Waals surface area contributed by atoms with Crippen molar-refractivity contribution in [1.82, 2.24) is 30.3 Å². The summed E-state index contributed by atoms with van der Waals surface area (Å²) in [5.41, 5.74) is 5.96. The van der Waals surface area contributed by atoms with E-state index in [1.165, 1.54) is 5.56 Å². The van der Waals surface area contributed by atoms with E-state index < -0.39 is 0 Å². The summed E-state index contributed by atoms with van der Waals surface area (Å²) >= 11 is 0. The Morgan fingerprint density at radius 1 is 1.30 bits per heavy atom. The molecule has 1 aliphatic carbocycles. The Balaban J connectivity index is 1.24. The maximum atomic E-state index is 12.7. The molecule has 2 aliphatic rings. The molecule has 8 nitrogen and oxygen atoms in total. The molecular weight excluding hydrogens is 378 g/mol. The van der Waals surface area contributed by atoms with Crippen molar-refractivity contribution in [2.24, 2.45) is 5.92 Å². The highest BCUT2D eigenvalue weighted by atomic mass is 16.1. The Kier molecular flexibility index (Phi) is 4.56. The van der Waals surface area contributed by atoms with E-state index in [0.717, 1.165) is 60.3 Å². The summed E-state index contributed by atoms with van der Waals surface area (Å²) in [5.74, 6) is 1.67. The van der Waals surface area contributed by atoms with Crippen molar-refractivity contribution in [2.75, 3.05) is 18.0 Å². The predicted octanol–water partition coefficient (Wildman–Crippen LogP) is 2.54. The van der Waals surface area contributed by atoms with Crippen molar-refractivity contribution in [2.45, 2.75) is 46.2 Å². The van der Waals surface area contributed by atoms with Crippen LogP contribution < -0.4 is 10.2 Å². The molecule has 0 radical (unpaired) electrons. The molecule has 8 heteroatoms. The second kappa shape index (κ2) is 7.27. The summed E-state index contributed by atoms with van der Waals surface area (Å²) in [4.78, 5) is 19.8. The van der Waals surface area contributed by atoms with Crippen molar-refractivity contribution >= 4 is 11.7 Å². The highest BCUT2D eigenvalue weighted by molar-refractivity contribution is 5.94. The van der Waals surface area contributed by atoms with Crippen molar-refractivity contribution < 1.29 is 4.79 Å². The van der Waals surface area contributed by atoms with Crippen LogP contribution in [-0.2, 0) is 13.0 Å². The fourth-order valence-corrected chi connectivity index (χ4v) is 4.43. The molecule has 0 bridgehead atoms. The van der Waals surface area contributed by atoms with E-state index in [1.54, 1.807) is 17.1 Å². The number of pyridine rings is 1. The van der Waals surface area contributed by atoms with Gasteiger partial charge in [0, 0.05) is 30.7 Å². The number of fused-ring (bicyclic) bond motifs is 1. The average molecular weight is 406 g/mol. The van der Waals surface area contributed by atoms with E-state index in [4.69, 9.17) is 4.98 Å².